The molecule has 0 N–H and O–H groups in total. The van der Waals surface area contributed by atoms with Gasteiger partial charge in [-0.3, -0.25) is 0 Å². The van der Waals surface area contributed by atoms with E-state index in [2.05, 4.69) is 6.58 Å². The van der Waals surface area contributed by atoms with E-state index >= 15 is 0 Å². The molecule has 162 valence electrons. The highest BCUT2D eigenvalue weighted by molar-refractivity contribution is 7.13. The van der Waals surface area contributed by atoms with Crippen LogP contribution in [0.3, 0.4) is 0 Å². The Kier molecular flexibility index (Phi) is 7.67. The lowest BCUT2D eigenvalue weighted by Crippen LogP contribution is -2.06. The van der Waals surface area contributed by atoms with E-state index < -0.39 is 5.97 Å². The number of rotatable bonds is 10. The molecule has 0 radical (unpaired) electrons. The summed E-state index contributed by atoms with van der Waals surface area (Å²) in [5.74, 6) is 1.38. The Morgan fingerprint density at radius 1 is 1.00 bits per heavy atom. The van der Waals surface area contributed by atoms with E-state index in [-0.39, 0.29) is 0 Å². The zero-order valence-electron chi connectivity index (χ0n) is 17.8. The smallest absolute Gasteiger partial charge is 0.341 e. The number of carbonyl (C=O) groups is 1. The van der Waals surface area contributed by atoms with E-state index in [4.69, 9.17) is 23.9 Å². The molecule has 2 aromatic carbocycles. The molecule has 0 unspecified atom stereocenters. The second kappa shape index (κ2) is 10.6. The fourth-order valence-corrected chi connectivity index (χ4v) is 3.78. The van der Waals surface area contributed by atoms with Crippen molar-refractivity contribution in [2.24, 2.45) is 0 Å². The maximum atomic E-state index is 12.2. The van der Waals surface area contributed by atoms with Crippen molar-refractivity contribution in [3.8, 4) is 39.1 Å². The van der Waals surface area contributed by atoms with Gasteiger partial charge >= 0.3 is 5.97 Å². The zero-order valence-corrected chi connectivity index (χ0v) is 18.7. The van der Waals surface area contributed by atoms with E-state index in [1.165, 1.54) is 18.4 Å². The molecule has 7 heteroatoms. The molecule has 0 saturated carbocycles. The summed E-state index contributed by atoms with van der Waals surface area (Å²) in [6, 6.07) is 11.1. The lowest BCUT2D eigenvalue weighted by atomic mass is 10.1. The predicted octanol–water partition coefficient (Wildman–Crippen LogP) is 5.63. The molecule has 3 aromatic rings. The summed E-state index contributed by atoms with van der Waals surface area (Å²) in [4.78, 5) is 17.0. The molecule has 0 aliphatic heterocycles. The van der Waals surface area contributed by atoms with Crippen LogP contribution >= 0.6 is 11.3 Å². The summed E-state index contributed by atoms with van der Waals surface area (Å²) in [6.07, 6.45) is 1.62. The average molecular weight is 440 g/mol. The van der Waals surface area contributed by atoms with Crippen LogP contribution in [0.2, 0.25) is 0 Å². The number of nitrogens with zero attached hydrogens (tertiary/aromatic N) is 1. The molecule has 0 aliphatic carbocycles. The molecule has 1 aromatic heterocycles. The first-order valence-electron chi connectivity index (χ1n) is 9.93. The van der Waals surface area contributed by atoms with Crippen molar-refractivity contribution in [2.45, 2.75) is 13.8 Å². The van der Waals surface area contributed by atoms with Crippen LogP contribution in [0.5, 0.6) is 17.2 Å². The summed E-state index contributed by atoms with van der Waals surface area (Å²) < 4.78 is 21.8. The van der Waals surface area contributed by atoms with E-state index in [9.17, 15) is 4.79 Å². The van der Waals surface area contributed by atoms with Crippen LogP contribution in [-0.2, 0) is 4.74 Å². The van der Waals surface area contributed by atoms with Gasteiger partial charge in [-0.25, -0.2) is 9.78 Å². The highest BCUT2D eigenvalue weighted by Crippen LogP contribution is 2.36. The van der Waals surface area contributed by atoms with Gasteiger partial charge in [-0.05, 0) is 50.2 Å². The summed E-state index contributed by atoms with van der Waals surface area (Å²) in [5.41, 5.74) is 2.83. The molecule has 6 nitrogen and oxygen atoms in total. The number of hydrogen-bond donors (Lipinski definition) is 0. The number of aromatic nitrogens is 1. The zero-order chi connectivity index (χ0) is 22.2. The fourth-order valence-electron chi connectivity index (χ4n) is 2.96. The van der Waals surface area contributed by atoms with Gasteiger partial charge in [0.25, 0.3) is 0 Å². The minimum Gasteiger partial charge on any atom is -0.490 e. The Morgan fingerprint density at radius 2 is 1.71 bits per heavy atom. The van der Waals surface area contributed by atoms with Crippen molar-refractivity contribution in [3.05, 3.63) is 60.0 Å². The first kappa shape index (κ1) is 22.4. The van der Waals surface area contributed by atoms with Gasteiger partial charge in [-0.2, -0.15) is 0 Å². The van der Waals surface area contributed by atoms with Gasteiger partial charge in [-0.1, -0.05) is 12.7 Å². The molecular formula is C24H25NO5S. The monoisotopic (exact) mass is 439 g/mol. The molecule has 3 rings (SSSR count). The van der Waals surface area contributed by atoms with Crippen LogP contribution in [0, 0.1) is 0 Å². The normalized spacial score (nSPS) is 10.4. The average Bonchev–Trinajstić information content (AvgIpc) is 3.29. The standard InChI is InChI=1S/C24H25NO5S/c1-5-12-30-20-10-8-16(13-18(20)24(26)27-4)19-15-31-23(25-19)17-9-11-21(28-6-2)22(14-17)29-7-3/h5,8-11,13-15H,1,6-7,12H2,2-4H3. The fraction of sp³-hybridized carbons (Fsp3) is 0.250. The maximum absolute atomic E-state index is 12.2. The van der Waals surface area contributed by atoms with Crippen molar-refractivity contribution in [1.29, 1.82) is 0 Å². The van der Waals surface area contributed by atoms with Crippen molar-refractivity contribution in [2.75, 3.05) is 26.9 Å². The number of thiazole rings is 1. The van der Waals surface area contributed by atoms with Crippen molar-refractivity contribution in [3.63, 3.8) is 0 Å². The Balaban J connectivity index is 1.94. The summed E-state index contributed by atoms with van der Waals surface area (Å²) in [7, 11) is 1.34. The SMILES string of the molecule is C=CCOc1ccc(-c2csc(-c3ccc(OCC)c(OCC)c3)n2)cc1C(=O)OC. The van der Waals surface area contributed by atoms with Crippen molar-refractivity contribution in [1.82, 2.24) is 4.98 Å². The molecule has 0 spiro atoms. The highest BCUT2D eigenvalue weighted by atomic mass is 32.1. The first-order valence-corrected chi connectivity index (χ1v) is 10.8. The molecule has 0 amide bonds. The van der Waals surface area contributed by atoms with Crippen LogP contribution in [0.4, 0.5) is 0 Å². The van der Waals surface area contributed by atoms with E-state index in [0.717, 1.165) is 21.8 Å². The number of ether oxygens (including phenoxy) is 4. The molecule has 0 saturated heterocycles. The summed E-state index contributed by atoms with van der Waals surface area (Å²) >= 11 is 1.51. The van der Waals surface area contributed by atoms with Gasteiger partial charge in [0.15, 0.2) is 11.5 Å². The molecule has 0 bridgehead atoms. The van der Waals surface area contributed by atoms with E-state index in [1.54, 1.807) is 18.2 Å². The highest BCUT2D eigenvalue weighted by Gasteiger charge is 2.17. The van der Waals surface area contributed by atoms with Crippen LogP contribution in [-0.4, -0.2) is 37.9 Å². The van der Waals surface area contributed by atoms with E-state index in [1.807, 2.05) is 43.5 Å². The number of methoxy groups -OCH3 is 1. The molecular weight excluding hydrogens is 414 g/mol. The maximum Gasteiger partial charge on any atom is 0.341 e. The Labute approximate surface area is 186 Å². The van der Waals surface area contributed by atoms with Crippen molar-refractivity contribution >= 4 is 17.3 Å². The summed E-state index contributed by atoms with van der Waals surface area (Å²) in [6.45, 7) is 8.91. The lowest BCUT2D eigenvalue weighted by Gasteiger charge is -2.11. The molecule has 0 aliphatic rings. The number of hydrogen-bond acceptors (Lipinski definition) is 7. The van der Waals surface area contributed by atoms with Crippen LogP contribution in [0.25, 0.3) is 21.8 Å². The minimum atomic E-state index is -0.468. The van der Waals surface area contributed by atoms with Crippen LogP contribution < -0.4 is 14.2 Å². The minimum absolute atomic E-state index is 0.296. The first-order chi connectivity index (χ1) is 15.1. The Bertz CT molecular complexity index is 1060. The molecule has 1 heterocycles. The molecule has 31 heavy (non-hydrogen) atoms. The quantitative estimate of drug-likeness (QED) is 0.301. The van der Waals surface area contributed by atoms with Crippen molar-refractivity contribution < 1.29 is 23.7 Å². The van der Waals surface area contributed by atoms with Crippen LogP contribution in [0.15, 0.2) is 54.4 Å². The van der Waals surface area contributed by atoms with Crippen LogP contribution in [0.1, 0.15) is 24.2 Å². The molecule has 0 fully saturated rings. The topological polar surface area (TPSA) is 66.9 Å². The van der Waals surface area contributed by atoms with Gasteiger partial charge in [0.1, 0.15) is 22.9 Å². The van der Waals surface area contributed by atoms with Gasteiger partial charge in [0.05, 0.1) is 26.0 Å². The Hall–Kier alpha value is -3.32. The number of carbonyl (C=O) groups excluding carboxylic acids is 1. The summed E-state index contributed by atoms with van der Waals surface area (Å²) in [5, 5.41) is 2.79. The molecule has 0 atom stereocenters. The second-order valence-corrected chi connectivity index (χ2v) is 7.23. The van der Waals surface area contributed by atoms with Gasteiger partial charge in [0.2, 0.25) is 0 Å². The largest absolute Gasteiger partial charge is 0.490 e. The second-order valence-electron chi connectivity index (χ2n) is 6.37. The lowest BCUT2D eigenvalue weighted by molar-refractivity contribution is 0.0596. The number of esters is 1. The van der Waals surface area contributed by atoms with Gasteiger partial charge in [-0.15, -0.1) is 11.3 Å². The third-order valence-electron chi connectivity index (χ3n) is 4.33. The third kappa shape index (κ3) is 5.24. The van der Waals surface area contributed by atoms with Gasteiger partial charge < -0.3 is 18.9 Å². The number of benzene rings is 2. The Morgan fingerprint density at radius 3 is 2.42 bits per heavy atom. The third-order valence-corrected chi connectivity index (χ3v) is 5.22. The van der Waals surface area contributed by atoms with E-state index in [0.29, 0.717) is 42.6 Å². The van der Waals surface area contributed by atoms with Gasteiger partial charge in [0, 0.05) is 16.5 Å². The predicted molar refractivity (Wildman–Crippen MR) is 122 cm³/mol.